The van der Waals surface area contributed by atoms with Gasteiger partial charge in [-0.2, -0.15) is 0 Å². The van der Waals surface area contributed by atoms with E-state index in [0.717, 1.165) is 66.5 Å². The van der Waals surface area contributed by atoms with E-state index in [1.165, 1.54) is 22.3 Å². The van der Waals surface area contributed by atoms with Crippen LogP contribution in [0.1, 0.15) is 105 Å². The van der Waals surface area contributed by atoms with Crippen LogP contribution in [0.2, 0.25) is 0 Å². The fourth-order valence-electron chi connectivity index (χ4n) is 8.98. The maximum absolute atomic E-state index is 4.79. The van der Waals surface area contributed by atoms with Gasteiger partial charge in [-0.15, -0.1) is 0 Å². The number of aromatic nitrogens is 6. The molecule has 0 saturated carbocycles. The van der Waals surface area contributed by atoms with Crippen LogP contribution in [0.3, 0.4) is 0 Å². The summed E-state index contributed by atoms with van der Waals surface area (Å²) in [5.74, 6) is 1.09. The van der Waals surface area contributed by atoms with Gasteiger partial charge in [0.15, 0.2) is 0 Å². The van der Waals surface area contributed by atoms with Crippen LogP contribution in [0.5, 0.6) is 0 Å². The Kier molecular flexibility index (Phi) is 11.7. The highest BCUT2D eigenvalue weighted by molar-refractivity contribution is 6.22. The lowest BCUT2D eigenvalue weighted by Gasteiger charge is -2.31. The van der Waals surface area contributed by atoms with Crippen molar-refractivity contribution >= 4 is 56.2 Å². The van der Waals surface area contributed by atoms with E-state index in [0.29, 0.717) is 11.9 Å². The Hall–Kier alpha value is -7.32. The molecule has 0 atom stereocenters. The molecule has 0 aliphatic carbocycles. The Morgan fingerprint density at radius 3 is 0.912 bits per heavy atom. The molecule has 0 saturated heterocycles. The van der Waals surface area contributed by atoms with E-state index in [-0.39, 0.29) is 21.7 Å². The minimum absolute atomic E-state index is 0.101. The van der Waals surface area contributed by atoms with Crippen molar-refractivity contribution in [3.05, 3.63) is 181 Å². The molecule has 0 amide bonds. The number of hydrogen-bond donors (Lipinski definition) is 0. The first-order valence-electron chi connectivity index (χ1n) is 23.6. The SMILES string of the molecule is CC(C)(C)c1cc(N(c2ccc3c(-c4ccccc4)c4cc(N(c5cc(C(C)(C)C)cc(C(C)(C)C)c5)c5ncncn5)ccc4c(-c4ccccc4)c3c2)c2ncncn2)cc(C(C)(C)C)c1. The van der Waals surface area contributed by atoms with Crippen molar-refractivity contribution in [1.29, 1.82) is 0 Å². The Labute approximate surface area is 402 Å². The number of nitrogens with zero attached hydrogens (tertiary/aromatic N) is 8. The van der Waals surface area contributed by atoms with Crippen LogP contribution in [0.25, 0.3) is 43.8 Å². The largest absolute Gasteiger partial charge is 0.279 e. The maximum Gasteiger partial charge on any atom is 0.237 e. The van der Waals surface area contributed by atoms with Gasteiger partial charge < -0.3 is 0 Å². The minimum atomic E-state index is -0.101. The summed E-state index contributed by atoms with van der Waals surface area (Å²) in [4.78, 5) is 32.0. The van der Waals surface area contributed by atoms with Crippen molar-refractivity contribution in [2.75, 3.05) is 9.80 Å². The third-order valence-electron chi connectivity index (χ3n) is 12.9. The van der Waals surface area contributed by atoms with Crippen molar-refractivity contribution in [2.45, 2.75) is 105 Å². The molecule has 0 unspecified atom stereocenters. The van der Waals surface area contributed by atoms with E-state index in [1.807, 2.05) is 0 Å². The van der Waals surface area contributed by atoms with E-state index in [2.05, 4.69) is 236 Å². The molecule has 0 fully saturated rings. The highest BCUT2D eigenvalue weighted by Gasteiger charge is 2.28. The molecule has 0 radical (unpaired) electrons. The summed E-state index contributed by atoms with van der Waals surface area (Å²) in [5, 5.41) is 4.46. The zero-order valence-corrected chi connectivity index (χ0v) is 41.6. The minimum Gasteiger partial charge on any atom is -0.279 e. The number of anilines is 6. The van der Waals surface area contributed by atoms with Crippen LogP contribution >= 0.6 is 0 Å². The van der Waals surface area contributed by atoms with Crippen LogP contribution in [0.4, 0.5) is 34.6 Å². The number of rotatable bonds is 8. The fourth-order valence-corrected chi connectivity index (χ4v) is 8.98. The quantitative estimate of drug-likeness (QED) is 0.140. The molecule has 2 heterocycles. The molecule has 7 aromatic carbocycles. The first-order valence-corrected chi connectivity index (χ1v) is 23.6. The number of benzene rings is 7. The van der Waals surface area contributed by atoms with Crippen LogP contribution in [0, 0.1) is 0 Å². The highest BCUT2D eigenvalue weighted by atomic mass is 15.3. The fraction of sp³-hybridized carbons (Fsp3) is 0.267. The molecule has 0 aliphatic heterocycles. The Morgan fingerprint density at radius 1 is 0.309 bits per heavy atom. The molecule has 9 rings (SSSR count). The molecule has 8 nitrogen and oxygen atoms in total. The van der Waals surface area contributed by atoms with E-state index in [9.17, 15) is 0 Å². The zero-order chi connectivity index (χ0) is 48.2. The van der Waals surface area contributed by atoms with Crippen molar-refractivity contribution in [3.63, 3.8) is 0 Å². The first kappa shape index (κ1) is 45.8. The summed E-state index contributed by atoms with van der Waals surface area (Å²) in [6.45, 7) is 27.2. The highest BCUT2D eigenvalue weighted by Crippen LogP contribution is 2.49. The van der Waals surface area contributed by atoms with E-state index >= 15 is 0 Å². The smallest absolute Gasteiger partial charge is 0.237 e. The second-order valence-corrected chi connectivity index (χ2v) is 22.0. The molecule has 342 valence electrons. The van der Waals surface area contributed by atoms with Crippen LogP contribution in [0.15, 0.2) is 159 Å². The van der Waals surface area contributed by atoms with Gasteiger partial charge >= 0.3 is 0 Å². The standard InChI is InChI=1S/C60H62N8/c1-57(2,3)41-27-42(58(4,5)6)30-47(29-41)67(55-63-35-61-36-64-55)45-23-25-49-51(33-45)53(39-19-15-13-16-20-39)50-26-24-46(34-52(50)54(49)40-21-17-14-18-22-40)68(56-65-37-62-38-66-56)48-31-43(59(7,8)9)28-44(32-48)60(10,11)12/h13-38H,1-12H3. The molecule has 0 aliphatic rings. The normalized spacial score (nSPS) is 12.4. The lowest BCUT2D eigenvalue weighted by Crippen LogP contribution is -2.20. The molecular weight excluding hydrogens is 833 g/mol. The predicted molar refractivity (Wildman–Crippen MR) is 283 cm³/mol. The van der Waals surface area contributed by atoms with Gasteiger partial charge in [-0.25, -0.2) is 29.9 Å². The summed E-state index contributed by atoms with van der Waals surface area (Å²) < 4.78 is 0. The third-order valence-corrected chi connectivity index (χ3v) is 12.9. The van der Waals surface area contributed by atoms with Crippen molar-refractivity contribution < 1.29 is 0 Å². The molecule has 68 heavy (non-hydrogen) atoms. The van der Waals surface area contributed by atoms with E-state index < -0.39 is 0 Å². The molecular formula is C60H62N8. The number of hydrogen-bond acceptors (Lipinski definition) is 8. The van der Waals surface area contributed by atoms with Crippen LogP contribution in [-0.4, -0.2) is 29.9 Å². The topological polar surface area (TPSA) is 83.8 Å². The van der Waals surface area contributed by atoms with Crippen molar-refractivity contribution in [2.24, 2.45) is 0 Å². The average molecular weight is 895 g/mol. The lowest BCUT2D eigenvalue weighted by atomic mass is 9.80. The summed E-state index contributed by atoms with van der Waals surface area (Å²) in [6, 6.07) is 49.0. The van der Waals surface area contributed by atoms with Crippen LogP contribution < -0.4 is 9.80 Å². The van der Waals surface area contributed by atoms with Gasteiger partial charge in [-0.1, -0.05) is 168 Å². The van der Waals surface area contributed by atoms with Crippen molar-refractivity contribution in [1.82, 2.24) is 29.9 Å². The van der Waals surface area contributed by atoms with E-state index in [1.54, 1.807) is 25.3 Å². The second-order valence-electron chi connectivity index (χ2n) is 22.0. The molecule has 2 aromatic heterocycles. The average Bonchev–Trinajstić information content (AvgIpc) is 3.31. The summed E-state index contributed by atoms with van der Waals surface area (Å²) in [7, 11) is 0. The monoisotopic (exact) mass is 895 g/mol. The number of fused-ring (bicyclic) bond motifs is 2. The van der Waals surface area contributed by atoms with Gasteiger partial charge in [0, 0.05) is 22.7 Å². The third kappa shape index (κ3) is 9.07. The van der Waals surface area contributed by atoms with Gasteiger partial charge in [0.2, 0.25) is 11.9 Å². The van der Waals surface area contributed by atoms with Gasteiger partial charge in [0.25, 0.3) is 0 Å². The Balaban J connectivity index is 1.37. The lowest BCUT2D eigenvalue weighted by molar-refractivity contribution is 0.568. The molecule has 9 aromatic rings. The summed E-state index contributed by atoms with van der Waals surface area (Å²) >= 11 is 0. The molecule has 0 N–H and O–H groups in total. The van der Waals surface area contributed by atoms with Crippen molar-refractivity contribution in [3.8, 4) is 22.3 Å². The Bertz CT molecular complexity index is 2970. The summed E-state index contributed by atoms with van der Waals surface area (Å²) in [6.07, 6.45) is 6.30. The summed E-state index contributed by atoms with van der Waals surface area (Å²) in [5.41, 5.74) is 12.9. The molecule has 8 heteroatoms. The van der Waals surface area contributed by atoms with E-state index in [4.69, 9.17) is 19.9 Å². The van der Waals surface area contributed by atoms with Gasteiger partial charge in [0.05, 0.1) is 0 Å². The maximum atomic E-state index is 4.79. The predicted octanol–water partition coefficient (Wildman–Crippen LogP) is 15.8. The molecule has 0 spiro atoms. The zero-order valence-electron chi connectivity index (χ0n) is 41.6. The Morgan fingerprint density at radius 2 is 0.618 bits per heavy atom. The first-order chi connectivity index (χ1) is 32.3. The van der Waals surface area contributed by atoms with Gasteiger partial charge in [0.1, 0.15) is 25.3 Å². The second kappa shape index (κ2) is 17.4. The van der Waals surface area contributed by atoms with Gasteiger partial charge in [-0.05, 0) is 136 Å². The van der Waals surface area contributed by atoms with Gasteiger partial charge in [-0.3, -0.25) is 9.80 Å². The van der Waals surface area contributed by atoms with Crippen LogP contribution in [-0.2, 0) is 21.7 Å². The molecule has 0 bridgehead atoms.